The Hall–Kier alpha value is -0.710. The van der Waals surface area contributed by atoms with E-state index in [4.69, 9.17) is 0 Å². The van der Waals surface area contributed by atoms with Crippen LogP contribution in [-0.2, 0) is 0 Å². The van der Waals surface area contributed by atoms with E-state index in [1.165, 1.54) is 24.0 Å². The first-order valence-corrected chi connectivity index (χ1v) is 7.83. The Kier molecular flexibility index (Phi) is 3.50. The van der Waals surface area contributed by atoms with Gasteiger partial charge < -0.3 is 5.32 Å². The summed E-state index contributed by atoms with van der Waals surface area (Å²) in [6.45, 7) is 2.13. The highest BCUT2D eigenvalue weighted by Gasteiger charge is 2.27. The molecule has 1 heterocycles. The molecule has 2 nitrogen and oxygen atoms in total. The highest BCUT2D eigenvalue weighted by atomic mass is 79.9. The number of nitrogens with one attached hydrogen (secondary N) is 1. The van der Waals surface area contributed by atoms with E-state index in [0.717, 1.165) is 9.48 Å². The van der Waals surface area contributed by atoms with Gasteiger partial charge in [-0.3, -0.25) is 0 Å². The fourth-order valence-corrected chi connectivity index (χ4v) is 2.99. The standard InChI is InChI=1S/C14H15BrN2S/c1-9-8-10(2-5-12(9)15)13(17-11-3-4-11)14-16-6-7-18-14/h2,5-8,11,13,17H,3-4H2,1H3. The fraction of sp³-hybridized carbons (Fsp3) is 0.357. The van der Waals surface area contributed by atoms with Gasteiger partial charge in [0.25, 0.3) is 0 Å². The Morgan fingerprint density at radius 1 is 1.44 bits per heavy atom. The molecule has 2 aromatic rings. The van der Waals surface area contributed by atoms with Crippen molar-refractivity contribution >= 4 is 27.3 Å². The largest absolute Gasteiger partial charge is 0.301 e. The zero-order valence-electron chi connectivity index (χ0n) is 10.2. The van der Waals surface area contributed by atoms with Gasteiger partial charge >= 0.3 is 0 Å². The van der Waals surface area contributed by atoms with Crippen LogP contribution >= 0.6 is 27.3 Å². The van der Waals surface area contributed by atoms with Gasteiger partial charge in [0, 0.05) is 22.1 Å². The molecule has 0 aliphatic heterocycles. The van der Waals surface area contributed by atoms with Gasteiger partial charge in [-0.25, -0.2) is 4.98 Å². The van der Waals surface area contributed by atoms with E-state index < -0.39 is 0 Å². The molecule has 1 aliphatic rings. The van der Waals surface area contributed by atoms with Crippen molar-refractivity contribution in [1.82, 2.24) is 10.3 Å². The number of rotatable bonds is 4. The van der Waals surface area contributed by atoms with Crippen molar-refractivity contribution in [2.24, 2.45) is 0 Å². The van der Waals surface area contributed by atoms with Gasteiger partial charge in [-0.2, -0.15) is 0 Å². The molecular formula is C14H15BrN2S. The molecule has 1 aliphatic carbocycles. The summed E-state index contributed by atoms with van der Waals surface area (Å²) in [6.07, 6.45) is 4.46. The van der Waals surface area contributed by atoms with Gasteiger partial charge in [0.1, 0.15) is 5.01 Å². The molecule has 1 unspecified atom stereocenters. The van der Waals surface area contributed by atoms with Crippen LogP contribution in [0.4, 0.5) is 0 Å². The molecule has 1 atom stereocenters. The van der Waals surface area contributed by atoms with Crippen LogP contribution < -0.4 is 5.32 Å². The summed E-state index contributed by atoms with van der Waals surface area (Å²) in [7, 11) is 0. The topological polar surface area (TPSA) is 24.9 Å². The Bertz CT molecular complexity index is 535. The van der Waals surface area contributed by atoms with Gasteiger partial charge in [0.15, 0.2) is 0 Å². The molecule has 0 amide bonds. The Balaban J connectivity index is 1.93. The minimum Gasteiger partial charge on any atom is -0.301 e. The van der Waals surface area contributed by atoms with E-state index >= 15 is 0 Å². The highest BCUT2D eigenvalue weighted by Crippen LogP contribution is 2.31. The minimum atomic E-state index is 0.240. The molecule has 0 radical (unpaired) electrons. The van der Waals surface area contributed by atoms with E-state index in [1.54, 1.807) is 11.3 Å². The maximum atomic E-state index is 4.47. The van der Waals surface area contributed by atoms with E-state index in [0.29, 0.717) is 6.04 Å². The Morgan fingerprint density at radius 2 is 2.28 bits per heavy atom. The number of aryl methyl sites for hydroxylation is 1. The van der Waals surface area contributed by atoms with Crippen molar-refractivity contribution in [1.29, 1.82) is 0 Å². The summed E-state index contributed by atoms with van der Waals surface area (Å²) in [4.78, 5) is 4.47. The summed E-state index contributed by atoms with van der Waals surface area (Å²) in [5.74, 6) is 0. The quantitative estimate of drug-likeness (QED) is 0.918. The van der Waals surface area contributed by atoms with Crippen LogP contribution in [0, 0.1) is 6.92 Å². The molecule has 18 heavy (non-hydrogen) atoms. The van der Waals surface area contributed by atoms with Crippen LogP contribution in [0.2, 0.25) is 0 Å². The molecule has 1 N–H and O–H groups in total. The van der Waals surface area contributed by atoms with Crippen molar-refractivity contribution < 1.29 is 0 Å². The molecule has 94 valence electrons. The molecule has 0 bridgehead atoms. The highest BCUT2D eigenvalue weighted by molar-refractivity contribution is 9.10. The average molecular weight is 323 g/mol. The van der Waals surface area contributed by atoms with Crippen molar-refractivity contribution in [2.45, 2.75) is 31.8 Å². The van der Waals surface area contributed by atoms with Crippen LogP contribution in [0.3, 0.4) is 0 Å². The van der Waals surface area contributed by atoms with Gasteiger partial charge in [-0.05, 0) is 37.0 Å². The van der Waals surface area contributed by atoms with Crippen LogP contribution in [0.1, 0.15) is 35.0 Å². The van der Waals surface area contributed by atoms with E-state index in [-0.39, 0.29) is 6.04 Å². The second kappa shape index (κ2) is 5.11. The molecule has 0 saturated heterocycles. The summed E-state index contributed by atoms with van der Waals surface area (Å²) in [5, 5.41) is 6.89. The van der Waals surface area contributed by atoms with E-state index in [1.807, 2.05) is 11.6 Å². The Morgan fingerprint density at radius 3 is 2.89 bits per heavy atom. The minimum absolute atomic E-state index is 0.240. The SMILES string of the molecule is Cc1cc(C(NC2CC2)c2nccs2)ccc1Br. The molecular weight excluding hydrogens is 308 g/mol. The lowest BCUT2D eigenvalue weighted by atomic mass is 10.0. The van der Waals surface area contributed by atoms with Crippen molar-refractivity contribution in [3.63, 3.8) is 0 Å². The zero-order valence-corrected chi connectivity index (χ0v) is 12.6. The zero-order chi connectivity index (χ0) is 12.5. The molecule has 4 heteroatoms. The molecule has 1 aromatic carbocycles. The Labute approximate surface area is 120 Å². The maximum absolute atomic E-state index is 4.47. The molecule has 1 saturated carbocycles. The number of nitrogens with zero attached hydrogens (tertiary/aromatic N) is 1. The predicted octanol–water partition coefficient (Wildman–Crippen LogP) is 4.06. The lowest BCUT2D eigenvalue weighted by Gasteiger charge is -2.17. The number of halogens is 1. The lowest BCUT2D eigenvalue weighted by molar-refractivity contribution is 0.598. The predicted molar refractivity (Wildman–Crippen MR) is 79.0 cm³/mol. The third-order valence-corrected chi connectivity index (χ3v) is 4.92. The van der Waals surface area contributed by atoms with Crippen molar-refractivity contribution in [2.75, 3.05) is 0 Å². The van der Waals surface area contributed by atoms with Gasteiger partial charge in [0.2, 0.25) is 0 Å². The van der Waals surface area contributed by atoms with Crippen LogP contribution in [0.5, 0.6) is 0 Å². The van der Waals surface area contributed by atoms with Crippen LogP contribution in [-0.4, -0.2) is 11.0 Å². The van der Waals surface area contributed by atoms with Crippen molar-refractivity contribution in [3.8, 4) is 0 Å². The second-order valence-electron chi connectivity index (χ2n) is 4.75. The number of benzene rings is 1. The number of thiazole rings is 1. The molecule has 0 spiro atoms. The fourth-order valence-electron chi connectivity index (χ4n) is 2.02. The molecule has 1 aromatic heterocycles. The van der Waals surface area contributed by atoms with E-state index in [9.17, 15) is 0 Å². The molecule has 3 rings (SSSR count). The lowest BCUT2D eigenvalue weighted by Crippen LogP contribution is -2.24. The smallest absolute Gasteiger partial charge is 0.114 e. The second-order valence-corrected chi connectivity index (χ2v) is 6.53. The summed E-state index contributed by atoms with van der Waals surface area (Å²) in [5.41, 5.74) is 2.57. The van der Waals surface area contributed by atoms with Gasteiger partial charge in [0.05, 0.1) is 6.04 Å². The van der Waals surface area contributed by atoms with Gasteiger partial charge in [-0.15, -0.1) is 11.3 Å². The summed E-state index contributed by atoms with van der Waals surface area (Å²) in [6, 6.07) is 7.45. The number of hydrogen-bond donors (Lipinski definition) is 1. The third kappa shape index (κ3) is 2.66. The first-order chi connectivity index (χ1) is 8.74. The summed E-state index contributed by atoms with van der Waals surface area (Å²) < 4.78 is 1.16. The van der Waals surface area contributed by atoms with Gasteiger partial charge in [-0.1, -0.05) is 28.1 Å². The molecule has 1 fully saturated rings. The van der Waals surface area contributed by atoms with Crippen molar-refractivity contribution in [3.05, 3.63) is 50.4 Å². The third-order valence-electron chi connectivity index (χ3n) is 3.19. The first kappa shape index (κ1) is 12.3. The number of aromatic nitrogens is 1. The average Bonchev–Trinajstić information content (AvgIpc) is 3.02. The summed E-state index contributed by atoms with van der Waals surface area (Å²) >= 11 is 5.28. The number of hydrogen-bond acceptors (Lipinski definition) is 3. The maximum Gasteiger partial charge on any atom is 0.114 e. The monoisotopic (exact) mass is 322 g/mol. The first-order valence-electron chi connectivity index (χ1n) is 6.15. The van der Waals surface area contributed by atoms with Crippen LogP contribution in [0.15, 0.2) is 34.2 Å². The van der Waals surface area contributed by atoms with Crippen LogP contribution in [0.25, 0.3) is 0 Å². The normalized spacial score (nSPS) is 16.8. The van der Waals surface area contributed by atoms with E-state index in [2.05, 4.69) is 51.4 Å².